The fraction of sp³-hybridized carbons (Fsp3) is 0.391. The first kappa shape index (κ1) is 21.6. The quantitative estimate of drug-likeness (QED) is 0.649. The zero-order valence-electron chi connectivity index (χ0n) is 17.7. The summed E-state index contributed by atoms with van der Waals surface area (Å²) in [6, 6.07) is 12.9. The molecular formula is C23H29N2O5+. The van der Waals surface area contributed by atoms with Crippen LogP contribution in [-0.2, 0) is 9.53 Å². The van der Waals surface area contributed by atoms with Crippen molar-refractivity contribution in [1.82, 2.24) is 0 Å². The van der Waals surface area contributed by atoms with E-state index in [0.29, 0.717) is 17.8 Å². The fourth-order valence-corrected chi connectivity index (χ4v) is 3.98. The molecule has 30 heavy (non-hydrogen) atoms. The average Bonchev–Trinajstić information content (AvgIpc) is 3.21. The van der Waals surface area contributed by atoms with E-state index >= 15 is 0 Å². The number of amides is 1. The van der Waals surface area contributed by atoms with Gasteiger partial charge in [0.2, 0.25) is 0 Å². The first-order chi connectivity index (χ1) is 14.6. The highest BCUT2D eigenvalue weighted by molar-refractivity contribution is 6.01. The highest BCUT2D eigenvalue weighted by Crippen LogP contribution is 2.31. The number of rotatable bonds is 8. The summed E-state index contributed by atoms with van der Waals surface area (Å²) in [5.74, 6) is 0.930. The summed E-state index contributed by atoms with van der Waals surface area (Å²) < 4.78 is 15.9. The van der Waals surface area contributed by atoms with Crippen LogP contribution in [-0.4, -0.2) is 45.8 Å². The van der Waals surface area contributed by atoms with Gasteiger partial charge in [0.15, 0.2) is 6.54 Å². The Bertz CT molecular complexity index is 899. The number of nitrogens with one attached hydrogen (secondary N) is 2. The lowest BCUT2D eigenvalue weighted by atomic mass is 10.0. The van der Waals surface area contributed by atoms with Crippen LogP contribution in [0.25, 0.3) is 0 Å². The van der Waals surface area contributed by atoms with E-state index in [2.05, 4.69) is 5.32 Å². The van der Waals surface area contributed by atoms with E-state index in [4.69, 9.17) is 14.2 Å². The molecule has 1 heterocycles. The van der Waals surface area contributed by atoms with E-state index in [-0.39, 0.29) is 18.6 Å². The van der Waals surface area contributed by atoms with Crippen LogP contribution in [0.15, 0.2) is 42.5 Å². The molecule has 2 N–H and O–H groups in total. The van der Waals surface area contributed by atoms with Crippen molar-refractivity contribution in [2.24, 2.45) is 0 Å². The van der Waals surface area contributed by atoms with Crippen LogP contribution < -0.4 is 19.7 Å². The number of carbonyl (C=O) groups excluding carboxylic acids is 2. The SMILES string of the molecule is CCOC(=O)c1ccccc1NC(=O)C[NH+]1CCC[C@@H]1c1ccc(OC)cc1OC. The molecule has 0 bridgehead atoms. The molecular weight excluding hydrogens is 384 g/mol. The predicted molar refractivity (Wildman–Crippen MR) is 113 cm³/mol. The van der Waals surface area contributed by atoms with Crippen molar-refractivity contribution in [1.29, 1.82) is 0 Å². The molecule has 1 unspecified atom stereocenters. The Balaban J connectivity index is 1.72. The minimum atomic E-state index is -0.442. The van der Waals surface area contributed by atoms with E-state index in [9.17, 15) is 9.59 Å². The number of hydrogen-bond donors (Lipinski definition) is 2. The van der Waals surface area contributed by atoms with Gasteiger partial charge in [-0.2, -0.15) is 0 Å². The number of likely N-dealkylation sites (tertiary alicyclic amines) is 1. The molecule has 1 aliphatic heterocycles. The van der Waals surface area contributed by atoms with E-state index in [1.165, 1.54) is 4.90 Å². The van der Waals surface area contributed by atoms with Gasteiger partial charge < -0.3 is 24.4 Å². The minimum absolute atomic E-state index is 0.138. The second-order valence-electron chi connectivity index (χ2n) is 7.20. The van der Waals surface area contributed by atoms with Crippen LogP contribution in [0.2, 0.25) is 0 Å². The second kappa shape index (κ2) is 10.1. The second-order valence-corrected chi connectivity index (χ2v) is 7.20. The molecule has 0 radical (unpaired) electrons. The van der Waals surface area contributed by atoms with Crippen molar-refractivity contribution in [3.8, 4) is 11.5 Å². The lowest BCUT2D eigenvalue weighted by molar-refractivity contribution is -0.910. The van der Waals surface area contributed by atoms with Crippen molar-refractivity contribution in [3.05, 3.63) is 53.6 Å². The molecule has 7 nitrogen and oxygen atoms in total. The number of esters is 1. The topological polar surface area (TPSA) is 78.3 Å². The van der Waals surface area contributed by atoms with Crippen molar-refractivity contribution in [3.63, 3.8) is 0 Å². The van der Waals surface area contributed by atoms with Crippen molar-refractivity contribution in [2.45, 2.75) is 25.8 Å². The maximum atomic E-state index is 12.8. The average molecular weight is 413 g/mol. The highest BCUT2D eigenvalue weighted by Gasteiger charge is 2.34. The first-order valence-electron chi connectivity index (χ1n) is 10.2. The van der Waals surface area contributed by atoms with Gasteiger partial charge >= 0.3 is 5.97 Å². The third kappa shape index (κ3) is 4.91. The van der Waals surface area contributed by atoms with E-state index in [1.807, 2.05) is 18.2 Å². The molecule has 0 spiro atoms. The van der Waals surface area contributed by atoms with Crippen LogP contribution in [0.4, 0.5) is 5.69 Å². The smallest absolute Gasteiger partial charge is 0.340 e. The molecule has 2 aromatic rings. The summed E-state index contributed by atoms with van der Waals surface area (Å²) >= 11 is 0. The summed E-state index contributed by atoms with van der Waals surface area (Å²) in [4.78, 5) is 26.1. The maximum Gasteiger partial charge on any atom is 0.340 e. The molecule has 2 aromatic carbocycles. The normalized spacial score (nSPS) is 18.0. The number of methoxy groups -OCH3 is 2. The van der Waals surface area contributed by atoms with Crippen molar-refractivity contribution >= 4 is 17.6 Å². The Morgan fingerprint density at radius 1 is 1.13 bits per heavy atom. The Kier molecular flexibility index (Phi) is 7.30. The fourth-order valence-electron chi connectivity index (χ4n) is 3.98. The number of anilines is 1. The van der Waals surface area contributed by atoms with Crippen LogP contribution in [0.3, 0.4) is 0 Å². The molecule has 1 fully saturated rings. The molecule has 160 valence electrons. The van der Waals surface area contributed by atoms with Crippen molar-refractivity contribution < 1.29 is 28.7 Å². The zero-order valence-corrected chi connectivity index (χ0v) is 17.7. The molecule has 1 saturated heterocycles. The Morgan fingerprint density at radius 2 is 1.93 bits per heavy atom. The van der Waals surface area contributed by atoms with Gasteiger partial charge in [0, 0.05) is 18.9 Å². The number of ether oxygens (including phenoxy) is 3. The summed E-state index contributed by atoms with van der Waals surface area (Å²) in [6.07, 6.45) is 2.01. The van der Waals surface area contributed by atoms with E-state index in [1.54, 1.807) is 45.4 Å². The summed E-state index contributed by atoms with van der Waals surface area (Å²) in [5.41, 5.74) is 1.90. The van der Waals surface area contributed by atoms with Crippen LogP contribution in [0, 0.1) is 0 Å². The Labute approximate surface area is 176 Å². The van der Waals surface area contributed by atoms with Gasteiger partial charge in [-0.1, -0.05) is 12.1 Å². The molecule has 0 aromatic heterocycles. The number of quaternary nitrogens is 1. The Hall–Kier alpha value is -3.06. The lowest BCUT2D eigenvalue weighted by Crippen LogP contribution is -3.11. The molecule has 2 atom stereocenters. The third-order valence-corrected chi connectivity index (χ3v) is 5.38. The highest BCUT2D eigenvalue weighted by atomic mass is 16.5. The van der Waals surface area contributed by atoms with Crippen LogP contribution in [0.1, 0.15) is 41.7 Å². The summed E-state index contributed by atoms with van der Waals surface area (Å²) in [7, 11) is 3.27. The van der Waals surface area contributed by atoms with Crippen LogP contribution in [0.5, 0.6) is 11.5 Å². The van der Waals surface area contributed by atoms with Gasteiger partial charge in [0.1, 0.15) is 17.5 Å². The molecule has 1 amide bonds. The number of para-hydroxylation sites is 1. The molecule has 1 aliphatic rings. The van der Waals surface area contributed by atoms with E-state index in [0.717, 1.165) is 36.4 Å². The van der Waals surface area contributed by atoms with E-state index < -0.39 is 5.97 Å². The minimum Gasteiger partial charge on any atom is -0.497 e. The van der Waals surface area contributed by atoms with Gasteiger partial charge in [-0.25, -0.2) is 4.79 Å². The largest absolute Gasteiger partial charge is 0.497 e. The summed E-state index contributed by atoms with van der Waals surface area (Å²) in [5, 5.41) is 2.88. The molecule has 0 saturated carbocycles. The van der Waals surface area contributed by atoms with Crippen molar-refractivity contribution in [2.75, 3.05) is 39.2 Å². The van der Waals surface area contributed by atoms with Gasteiger partial charge in [-0.15, -0.1) is 0 Å². The number of hydrogen-bond acceptors (Lipinski definition) is 5. The predicted octanol–water partition coefficient (Wildman–Crippen LogP) is 2.24. The number of benzene rings is 2. The molecule has 3 rings (SSSR count). The first-order valence-corrected chi connectivity index (χ1v) is 10.2. The standard InChI is InChI=1S/C23H28N2O5/c1-4-30-23(27)17-8-5-6-9-19(17)24-22(26)15-25-13-7-10-20(25)18-12-11-16(28-2)14-21(18)29-3/h5-6,8-9,11-12,14,20H,4,7,10,13,15H2,1-3H3,(H,24,26)/p+1/t20-/m1/s1. The van der Waals surface area contributed by atoms with Gasteiger partial charge in [0.05, 0.1) is 44.2 Å². The molecule has 7 heteroatoms. The zero-order chi connectivity index (χ0) is 21.5. The molecule has 0 aliphatic carbocycles. The van der Waals surface area contributed by atoms with Gasteiger partial charge in [0.25, 0.3) is 5.91 Å². The van der Waals surface area contributed by atoms with Gasteiger partial charge in [-0.3, -0.25) is 4.79 Å². The van der Waals surface area contributed by atoms with Crippen LogP contribution >= 0.6 is 0 Å². The Morgan fingerprint density at radius 3 is 2.67 bits per heavy atom. The lowest BCUT2D eigenvalue weighted by Gasteiger charge is -2.23. The monoisotopic (exact) mass is 413 g/mol. The number of carbonyl (C=O) groups is 2. The summed E-state index contributed by atoms with van der Waals surface area (Å²) in [6.45, 7) is 3.23. The van der Waals surface area contributed by atoms with Gasteiger partial charge in [-0.05, 0) is 31.2 Å². The third-order valence-electron chi connectivity index (χ3n) is 5.38. The maximum absolute atomic E-state index is 12.8.